The van der Waals surface area contributed by atoms with Crippen LogP contribution < -0.4 is 5.32 Å². The van der Waals surface area contributed by atoms with E-state index in [0.29, 0.717) is 5.76 Å². The zero-order valence-corrected chi connectivity index (χ0v) is 13.9. The van der Waals surface area contributed by atoms with Gasteiger partial charge in [0.25, 0.3) is 0 Å². The van der Waals surface area contributed by atoms with E-state index in [9.17, 15) is 4.79 Å². The molecule has 2 aromatic heterocycles. The smallest absolute Gasteiger partial charge is 0.248 e. The average Bonchev–Trinajstić information content (AvgIpc) is 3.26. The van der Waals surface area contributed by atoms with Gasteiger partial charge in [0, 0.05) is 16.7 Å². The van der Waals surface area contributed by atoms with Crippen LogP contribution in [0, 0.1) is 0 Å². The average molecular weight is 341 g/mol. The second-order valence-corrected chi connectivity index (χ2v) is 6.55. The number of anilines is 1. The molecule has 1 aromatic carbocycles. The standard InChI is InChI=1S/C18H15NO2S2/c20-18(8-7-15-4-3-10-21-15)19-16-5-1-2-6-17(16)23-13-14-9-11-22-12-14/h1-12H,13H2,(H,19,20). The third-order valence-electron chi connectivity index (χ3n) is 3.06. The number of nitrogens with one attached hydrogen (secondary N) is 1. The number of thioether (sulfide) groups is 1. The molecule has 23 heavy (non-hydrogen) atoms. The fourth-order valence-electron chi connectivity index (χ4n) is 1.95. The molecule has 0 spiro atoms. The van der Waals surface area contributed by atoms with Gasteiger partial charge in [0.05, 0.1) is 12.0 Å². The number of para-hydroxylation sites is 1. The maximum absolute atomic E-state index is 12.0. The summed E-state index contributed by atoms with van der Waals surface area (Å²) in [6, 6.07) is 13.5. The Morgan fingerprint density at radius 2 is 2.13 bits per heavy atom. The Morgan fingerprint density at radius 3 is 2.91 bits per heavy atom. The second-order valence-electron chi connectivity index (χ2n) is 4.75. The summed E-state index contributed by atoms with van der Waals surface area (Å²) < 4.78 is 5.17. The van der Waals surface area contributed by atoms with E-state index < -0.39 is 0 Å². The Labute approximate surface area is 143 Å². The third kappa shape index (κ3) is 4.61. The van der Waals surface area contributed by atoms with Crippen molar-refractivity contribution in [3.63, 3.8) is 0 Å². The fourth-order valence-corrected chi connectivity index (χ4v) is 3.68. The normalized spacial score (nSPS) is 11.0. The Kier molecular flexibility index (Phi) is 5.34. The van der Waals surface area contributed by atoms with Crippen LogP contribution >= 0.6 is 23.1 Å². The molecule has 3 aromatic rings. The first-order valence-electron chi connectivity index (χ1n) is 7.07. The fraction of sp³-hybridized carbons (Fsp3) is 0.0556. The van der Waals surface area contributed by atoms with Gasteiger partial charge in [-0.3, -0.25) is 4.79 Å². The minimum atomic E-state index is -0.176. The molecule has 5 heteroatoms. The Bertz CT molecular complexity index is 777. The lowest BCUT2D eigenvalue weighted by atomic mass is 10.3. The SMILES string of the molecule is O=C(C=Cc1ccco1)Nc1ccccc1SCc1ccsc1. The molecule has 0 fully saturated rings. The van der Waals surface area contributed by atoms with E-state index in [2.05, 4.69) is 22.1 Å². The van der Waals surface area contributed by atoms with E-state index in [1.54, 1.807) is 47.6 Å². The summed E-state index contributed by atoms with van der Waals surface area (Å²) in [5.74, 6) is 1.36. The monoisotopic (exact) mass is 341 g/mol. The first kappa shape index (κ1) is 15.6. The van der Waals surface area contributed by atoms with Crippen LogP contribution in [0.25, 0.3) is 6.08 Å². The van der Waals surface area contributed by atoms with Crippen molar-refractivity contribution >= 4 is 40.8 Å². The van der Waals surface area contributed by atoms with Crippen molar-refractivity contribution in [1.29, 1.82) is 0 Å². The number of carbonyl (C=O) groups is 1. The van der Waals surface area contributed by atoms with E-state index in [1.165, 1.54) is 11.6 Å². The zero-order chi connectivity index (χ0) is 15.9. The van der Waals surface area contributed by atoms with Crippen LogP contribution in [0.4, 0.5) is 5.69 Å². The van der Waals surface area contributed by atoms with Crippen LogP contribution in [0.15, 0.2) is 74.9 Å². The van der Waals surface area contributed by atoms with Crippen molar-refractivity contribution < 1.29 is 9.21 Å². The van der Waals surface area contributed by atoms with Crippen LogP contribution in [0.2, 0.25) is 0 Å². The number of hydrogen-bond donors (Lipinski definition) is 1. The van der Waals surface area contributed by atoms with E-state index in [0.717, 1.165) is 16.3 Å². The first-order valence-corrected chi connectivity index (χ1v) is 8.99. The highest BCUT2D eigenvalue weighted by molar-refractivity contribution is 7.98. The van der Waals surface area contributed by atoms with Crippen molar-refractivity contribution in [2.45, 2.75) is 10.6 Å². The molecule has 0 radical (unpaired) electrons. The summed E-state index contributed by atoms with van der Waals surface area (Å²) in [5.41, 5.74) is 2.11. The molecule has 116 valence electrons. The van der Waals surface area contributed by atoms with Crippen LogP contribution in [0.1, 0.15) is 11.3 Å². The molecule has 3 nitrogen and oxygen atoms in total. The van der Waals surface area contributed by atoms with E-state index >= 15 is 0 Å². The number of carbonyl (C=O) groups excluding carboxylic acids is 1. The van der Waals surface area contributed by atoms with Gasteiger partial charge in [0.15, 0.2) is 0 Å². The summed E-state index contributed by atoms with van der Waals surface area (Å²) in [6.07, 6.45) is 4.70. The maximum atomic E-state index is 12.0. The highest BCUT2D eigenvalue weighted by atomic mass is 32.2. The predicted octanol–water partition coefficient (Wildman–Crippen LogP) is 5.29. The second kappa shape index (κ2) is 7.85. The van der Waals surface area contributed by atoms with Gasteiger partial charge in [-0.15, -0.1) is 11.8 Å². The molecule has 1 N–H and O–H groups in total. The molecule has 0 atom stereocenters. The van der Waals surface area contributed by atoms with Crippen molar-refractivity contribution in [2.75, 3.05) is 5.32 Å². The number of furan rings is 1. The number of amides is 1. The molecule has 0 bridgehead atoms. The lowest BCUT2D eigenvalue weighted by Gasteiger charge is -2.09. The number of hydrogen-bond acceptors (Lipinski definition) is 4. The number of rotatable bonds is 6. The molecule has 3 rings (SSSR count). The van der Waals surface area contributed by atoms with Crippen molar-refractivity contribution in [2.24, 2.45) is 0 Å². The lowest BCUT2D eigenvalue weighted by Crippen LogP contribution is -2.08. The van der Waals surface area contributed by atoms with Gasteiger partial charge in [-0.2, -0.15) is 11.3 Å². The molecule has 0 aliphatic rings. The van der Waals surface area contributed by atoms with Gasteiger partial charge in [0.1, 0.15) is 5.76 Å². The largest absolute Gasteiger partial charge is 0.465 e. The highest BCUT2D eigenvalue weighted by Crippen LogP contribution is 2.30. The van der Waals surface area contributed by atoms with Gasteiger partial charge in [-0.05, 0) is 52.7 Å². The number of thiophene rings is 1. The molecule has 0 saturated carbocycles. The summed E-state index contributed by atoms with van der Waals surface area (Å²) in [4.78, 5) is 13.1. The molecular formula is C18H15NO2S2. The third-order valence-corrected chi connectivity index (χ3v) is 4.94. The molecule has 2 heterocycles. The summed E-state index contributed by atoms with van der Waals surface area (Å²) in [6.45, 7) is 0. The van der Waals surface area contributed by atoms with Crippen molar-refractivity contribution in [3.05, 3.63) is 76.9 Å². The predicted molar refractivity (Wildman–Crippen MR) is 96.7 cm³/mol. The minimum Gasteiger partial charge on any atom is -0.465 e. The molecular weight excluding hydrogens is 326 g/mol. The van der Waals surface area contributed by atoms with Crippen LogP contribution in [0.3, 0.4) is 0 Å². The summed E-state index contributed by atoms with van der Waals surface area (Å²) in [7, 11) is 0. The van der Waals surface area contributed by atoms with Crippen LogP contribution in [-0.4, -0.2) is 5.91 Å². The van der Waals surface area contributed by atoms with Gasteiger partial charge in [-0.1, -0.05) is 12.1 Å². The Balaban J connectivity index is 1.64. The zero-order valence-electron chi connectivity index (χ0n) is 12.3. The Morgan fingerprint density at radius 1 is 1.22 bits per heavy atom. The van der Waals surface area contributed by atoms with E-state index in [1.807, 2.05) is 24.3 Å². The quantitative estimate of drug-likeness (QED) is 0.489. The van der Waals surface area contributed by atoms with Gasteiger partial charge in [-0.25, -0.2) is 0 Å². The first-order chi connectivity index (χ1) is 11.3. The van der Waals surface area contributed by atoms with Crippen molar-refractivity contribution in [3.8, 4) is 0 Å². The Hall–Kier alpha value is -2.24. The maximum Gasteiger partial charge on any atom is 0.248 e. The van der Waals surface area contributed by atoms with E-state index in [4.69, 9.17) is 4.42 Å². The van der Waals surface area contributed by atoms with Gasteiger partial charge >= 0.3 is 0 Å². The summed E-state index contributed by atoms with van der Waals surface area (Å²) >= 11 is 3.41. The molecule has 0 aliphatic carbocycles. The molecule has 0 aliphatic heterocycles. The summed E-state index contributed by atoms with van der Waals surface area (Å²) in [5, 5.41) is 7.13. The minimum absolute atomic E-state index is 0.176. The molecule has 1 amide bonds. The topological polar surface area (TPSA) is 42.2 Å². The van der Waals surface area contributed by atoms with Crippen LogP contribution in [0.5, 0.6) is 0 Å². The molecule has 0 saturated heterocycles. The van der Waals surface area contributed by atoms with Crippen molar-refractivity contribution in [1.82, 2.24) is 0 Å². The number of benzene rings is 1. The van der Waals surface area contributed by atoms with E-state index in [-0.39, 0.29) is 5.91 Å². The van der Waals surface area contributed by atoms with Gasteiger partial charge < -0.3 is 9.73 Å². The van der Waals surface area contributed by atoms with Gasteiger partial charge in [0.2, 0.25) is 5.91 Å². The van der Waals surface area contributed by atoms with Crippen LogP contribution in [-0.2, 0) is 10.5 Å². The molecule has 0 unspecified atom stereocenters. The highest BCUT2D eigenvalue weighted by Gasteiger charge is 2.06. The lowest BCUT2D eigenvalue weighted by molar-refractivity contribution is -0.111.